The predicted octanol–water partition coefficient (Wildman–Crippen LogP) is 12.3. The topological polar surface area (TPSA) is 35.0 Å². The van der Waals surface area contributed by atoms with Gasteiger partial charge in [-0.2, -0.15) is 0 Å². The highest BCUT2D eigenvalue weighted by Crippen LogP contribution is 2.47. The van der Waals surface area contributed by atoms with Gasteiger partial charge in [-0.15, -0.1) is 0 Å². The number of pyridine rings is 2. The van der Waals surface area contributed by atoms with Gasteiger partial charge in [0.05, 0.1) is 24.8 Å². The van der Waals surface area contributed by atoms with E-state index in [1.807, 2.05) is 6.20 Å². The highest BCUT2D eigenvalue weighted by molar-refractivity contribution is 6.88. The van der Waals surface area contributed by atoms with E-state index in [1.165, 1.54) is 38.0 Å². The first-order valence-corrected chi connectivity index (χ1v) is 21.2. The predicted molar refractivity (Wildman–Crippen MR) is 213 cm³/mol. The molecule has 6 aromatic rings. The molecule has 250 valence electrons. The number of hydrogen-bond acceptors (Lipinski definition) is 3. The fourth-order valence-electron chi connectivity index (χ4n) is 6.99. The van der Waals surface area contributed by atoms with Crippen LogP contribution in [0.3, 0.4) is 0 Å². The quantitative estimate of drug-likeness (QED) is 0.177. The van der Waals surface area contributed by atoms with Gasteiger partial charge in [-0.25, -0.2) is 0 Å². The zero-order chi connectivity index (χ0) is 35.3. The van der Waals surface area contributed by atoms with Crippen molar-refractivity contribution in [2.24, 2.45) is 0 Å². The average molecular weight is 663 g/mol. The third-order valence-electron chi connectivity index (χ3n) is 10.0. The van der Waals surface area contributed by atoms with Gasteiger partial charge in [-0.05, 0) is 97.8 Å². The Hall–Kier alpha value is -4.28. The molecule has 0 fully saturated rings. The van der Waals surface area contributed by atoms with Crippen molar-refractivity contribution in [3.63, 3.8) is 0 Å². The standard InChI is InChI=1S/C45H50N2OSi/c1-43(2,3)30-24-37(47-40(25-30)45(7,8)9)29-22-34-32(14-13-15-33(34)36(23-29)44(4,5)6)27-16-17-38-35(21-27)42-41-28(18-19-46-42)20-31(49(10,11)12)26-39(41)48-38/h13-26H,1-12H3. The van der Waals surface area contributed by atoms with Crippen LogP contribution in [0.5, 0.6) is 11.5 Å². The first kappa shape index (κ1) is 33.2. The van der Waals surface area contributed by atoms with Crippen LogP contribution in [0.4, 0.5) is 0 Å². The van der Waals surface area contributed by atoms with Gasteiger partial charge >= 0.3 is 0 Å². The minimum atomic E-state index is -1.54. The molecule has 0 atom stereocenters. The summed E-state index contributed by atoms with van der Waals surface area (Å²) < 4.78 is 6.66. The summed E-state index contributed by atoms with van der Waals surface area (Å²) in [6.07, 6.45) is 1.95. The molecular weight excluding hydrogens is 613 g/mol. The van der Waals surface area contributed by atoms with Crippen LogP contribution >= 0.6 is 0 Å². The first-order chi connectivity index (χ1) is 22.8. The molecule has 0 radical (unpaired) electrons. The van der Waals surface area contributed by atoms with Crippen LogP contribution in [0.25, 0.3) is 55.2 Å². The lowest BCUT2D eigenvalue weighted by Crippen LogP contribution is -2.37. The van der Waals surface area contributed by atoms with Crippen LogP contribution in [0.2, 0.25) is 19.6 Å². The zero-order valence-electron chi connectivity index (χ0n) is 31.4. The van der Waals surface area contributed by atoms with E-state index in [0.29, 0.717) is 0 Å². The molecule has 0 amide bonds. The number of benzene rings is 4. The fourth-order valence-corrected chi connectivity index (χ4v) is 8.14. The second-order valence-corrected chi connectivity index (χ2v) is 23.2. The molecule has 3 nitrogen and oxygen atoms in total. The van der Waals surface area contributed by atoms with Crippen LogP contribution in [0.1, 0.15) is 79.1 Å². The van der Waals surface area contributed by atoms with Crippen molar-refractivity contribution >= 4 is 34.8 Å². The number of aromatic nitrogens is 2. The van der Waals surface area contributed by atoms with Gasteiger partial charge in [0.2, 0.25) is 0 Å². The molecule has 0 spiro atoms. The highest BCUT2D eigenvalue weighted by Gasteiger charge is 2.27. The molecule has 0 saturated carbocycles. The molecule has 1 aliphatic rings. The summed E-state index contributed by atoms with van der Waals surface area (Å²) in [6.45, 7) is 27.7. The highest BCUT2D eigenvalue weighted by atomic mass is 28.3. The van der Waals surface area contributed by atoms with Crippen molar-refractivity contribution in [1.29, 1.82) is 0 Å². The fraction of sp³-hybridized carbons (Fsp3) is 0.333. The normalized spacial score (nSPS) is 13.5. The molecular formula is C45H50N2OSi. The van der Waals surface area contributed by atoms with Crippen LogP contribution in [0.15, 0.2) is 85.1 Å². The molecule has 49 heavy (non-hydrogen) atoms. The number of hydrogen-bond donors (Lipinski definition) is 0. The van der Waals surface area contributed by atoms with Gasteiger partial charge in [0.25, 0.3) is 0 Å². The van der Waals surface area contributed by atoms with Gasteiger partial charge in [-0.1, -0.05) is 117 Å². The molecule has 0 saturated heterocycles. The largest absolute Gasteiger partial charge is 0.456 e. The third-order valence-corrected chi connectivity index (χ3v) is 12.0. The van der Waals surface area contributed by atoms with Gasteiger partial charge in [-0.3, -0.25) is 9.97 Å². The van der Waals surface area contributed by atoms with Crippen molar-refractivity contribution < 1.29 is 4.74 Å². The van der Waals surface area contributed by atoms with E-state index >= 15 is 0 Å². The van der Waals surface area contributed by atoms with Gasteiger partial charge < -0.3 is 4.74 Å². The van der Waals surface area contributed by atoms with E-state index in [2.05, 4.69) is 161 Å². The number of ether oxygens (including phenoxy) is 1. The Kier molecular flexibility index (Phi) is 7.54. The van der Waals surface area contributed by atoms with Crippen molar-refractivity contribution in [3.8, 4) is 45.1 Å². The van der Waals surface area contributed by atoms with Crippen molar-refractivity contribution in [1.82, 2.24) is 9.97 Å². The molecule has 0 bridgehead atoms. The summed E-state index contributed by atoms with van der Waals surface area (Å²) in [5.41, 5.74) is 10.2. The van der Waals surface area contributed by atoms with E-state index < -0.39 is 8.07 Å². The Labute approximate surface area is 293 Å². The van der Waals surface area contributed by atoms with Crippen LogP contribution in [-0.2, 0) is 16.2 Å². The molecule has 0 aliphatic carbocycles. The van der Waals surface area contributed by atoms with E-state index in [4.69, 9.17) is 14.7 Å². The van der Waals surface area contributed by atoms with Gasteiger partial charge in [0, 0.05) is 28.4 Å². The maximum atomic E-state index is 6.66. The lowest BCUT2D eigenvalue weighted by molar-refractivity contribution is 0.487. The molecule has 2 aromatic heterocycles. The summed E-state index contributed by atoms with van der Waals surface area (Å²) in [7, 11) is -1.54. The maximum absolute atomic E-state index is 6.66. The number of nitrogens with zero attached hydrogens (tertiary/aromatic N) is 2. The minimum absolute atomic E-state index is 0.00349. The third kappa shape index (κ3) is 5.99. The Morgan fingerprint density at radius 3 is 2.04 bits per heavy atom. The van der Waals surface area contributed by atoms with Gasteiger partial charge in [0.15, 0.2) is 0 Å². The lowest BCUT2D eigenvalue weighted by Gasteiger charge is -2.27. The van der Waals surface area contributed by atoms with Crippen LogP contribution in [0, 0.1) is 0 Å². The van der Waals surface area contributed by atoms with E-state index in [9.17, 15) is 0 Å². The Balaban J connectivity index is 1.45. The molecule has 4 heteroatoms. The maximum Gasteiger partial charge on any atom is 0.137 e. The van der Waals surface area contributed by atoms with E-state index in [1.54, 1.807) is 0 Å². The number of fused-ring (bicyclic) bond motifs is 3. The molecule has 3 heterocycles. The Morgan fingerprint density at radius 1 is 0.612 bits per heavy atom. The van der Waals surface area contributed by atoms with Crippen molar-refractivity contribution in [2.45, 2.75) is 98.2 Å². The first-order valence-electron chi connectivity index (χ1n) is 17.7. The molecule has 1 aliphatic heterocycles. The van der Waals surface area contributed by atoms with Crippen LogP contribution in [-0.4, -0.2) is 18.0 Å². The second-order valence-electron chi connectivity index (χ2n) is 18.1. The molecule has 0 unspecified atom stereocenters. The summed E-state index contributed by atoms with van der Waals surface area (Å²) in [6, 6.07) is 29.4. The average Bonchev–Trinajstić information content (AvgIpc) is 3.02. The van der Waals surface area contributed by atoms with Gasteiger partial charge in [0.1, 0.15) is 11.5 Å². The summed E-state index contributed by atoms with van der Waals surface area (Å²) in [5, 5.41) is 6.19. The minimum Gasteiger partial charge on any atom is -0.456 e. The number of rotatable bonds is 3. The zero-order valence-corrected chi connectivity index (χ0v) is 32.4. The molecule has 0 N–H and O–H groups in total. The molecule has 4 aromatic carbocycles. The summed E-state index contributed by atoms with van der Waals surface area (Å²) in [4.78, 5) is 10.3. The van der Waals surface area contributed by atoms with E-state index in [0.717, 1.165) is 50.7 Å². The smallest absolute Gasteiger partial charge is 0.137 e. The summed E-state index contributed by atoms with van der Waals surface area (Å²) >= 11 is 0. The lowest BCUT2D eigenvalue weighted by atomic mass is 9.80. The summed E-state index contributed by atoms with van der Waals surface area (Å²) in [5.74, 6) is 1.78. The second kappa shape index (κ2) is 11.1. The SMILES string of the molecule is CC(C)(C)c1cc(-c2cc(C(C)(C)C)c3cccc(-c4ccc5c(c4)-c4nccc6cc([Si](C)(C)C)cc(c46)O5)c3c2)nc(C(C)(C)C)c1. The van der Waals surface area contributed by atoms with E-state index in [-0.39, 0.29) is 16.2 Å². The Morgan fingerprint density at radius 2 is 1.37 bits per heavy atom. The van der Waals surface area contributed by atoms with Crippen molar-refractivity contribution in [3.05, 3.63) is 102 Å². The Bertz CT molecular complexity index is 2260. The monoisotopic (exact) mass is 662 g/mol. The van der Waals surface area contributed by atoms with Crippen molar-refractivity contribution in [2.75, 3.05) is 0 Å². The molecule has 7 rings (SSSR count). The van der Waals surface area contributed by atoms with Crippen LogP contribution < -0.4 is 9.92 Å².